The lowest BCUT2D eigenvalue weighted by Crippen LogP contribution is -2.36. The van der Waals surface area contributed by atoms with Crippen molar-refractivity contribution in [3.8, 4) is 0 Å². The van der Waals surface area contributed by atoms with Crippen molar-refractivity contribution >= 4 is 5.97 Å². The van der Waals surface area contributed by atoms with Gasteiger partial charge in [-0.2, -0.15) is 0 Å². The Morgan fingerprint density at radius 2 is 2.00 bits per heavy atom. The van der Waals surface area contributed by atoms with E-state index in [4.69, 9.17) is 15.6 Å². The van der Waals surface area contributed by atoms with E-state index in [9.17, 15) is 9.90 Å². The molecule has 2 unspecified atom stereocenters. The molecule has 88 valence electrons. The lowest BCUT2D eigenvalue weighted by Gasteiger charge is -2.15. The molecular weight excluding hydrogens is 210 g/mol. The molecule has 0 bridgehead atoms. The first-order chi connectivity index (χ1) is 7.56. The number of hydrogen-bond acceptors (Lipinski definition) is 4. The summed E-state index contributed by atoms with van der Waals surface area (Å²) in [6.45, 7) is 0.474. The average molecular weight is 225 g/mol. The number of ether oxygens (including phenoxy) is 1. The van der Waals surface area contributed by atoms with Crippen LogP contribution in [0, 0.1) is 0 Å². The molecule has 0 amide bonds. The second-order valence-electron chi connectivity index (χ2n) is 3.48. The first kappa shape index (κ1) is 12.6. The highest BCUT2D eigenvalue weighted by Gasteiger charge is 2.23. The minimum absolute atomic E-state index is 0.474. The number of aliphatic hydroxyl groups is 1. The van der Waals surface area contributed by atoms with E-state index in [1.54, 1.807) is 31.4 Å². The highest BCUT2D eigenvalue weighted by molar-refractivity contribution is 5.74. The molecule has 0 aliphatic heterocycles. The average Bonchev–Trinajstić information content (AvgIpc) is 2.28. The molecule has 1 aromatic rings. The van der Waals surface area contributed by atoms with Crippen LogP contribution < -0.4 is 5.73 Å². The summed E-state index contributed by atoms with van der Waals surface area (Å²) in [5.41, 5.74) is 6.74. The second-order valence-corrected chi connectivity index (χ2v) is 3.48. The van der Waals surface area contributed by atoms with Crippen molar-refractivity contribution in [3.05, 3.63) is 35.4 Å². The van der Waals surface area contributed by atoms with Crippen LogP contribution in [0.5, 0.6) is 0 Å². The predicted octanol–water partition coefficient (Wildman–Crippen LogP) is 0.278. The summed E-state index contributed by atoms with van der Waals surface area (Å²) in [7, 11) is 1.59. The maximum atomic E-state index is 10.6. The molecule has 0 fully saturated rings. The molecule has 5 nitrogen and oxygen atoms in total. The second kappa shape index (κ2) is 5.60. The van der Waals surface area contributed by atoms with E-state index in [0.29, 0.717) is 12.2 Å². The van der Waals surface area contributed by atoms with Gasteiger partial charge in [0, 0.05) is 7.11 Å². The maximum absolute atomic E-state index is 10.6. The fourth-order valence-electron chi connectivity index (χ4n) is 1.32. The van der Waals surface area contributed by atoms with Crippen LogP contribution >= 0.6 is 0 Å². The van der Waals surface area contributed by atoms with E-state index in [2.05, 4.69) is 0 Å². The fraction of sp³-hybridized carbons (Fsp3) is 0.364. The van der Waals surface area contributed by atoms with Crippen LogP contribution in [0.15, 0.2) is 24.3 Å². The Hall–Kier alpha value is -1.43. The SMILES string of the molecule is COCc1ccc(C(O)C(N)C(=O)O)cc1. The largest absolute Gasteiger partial charge is 0.480 e. The zero-order chi connectivity index (χ0) is 12.1. The van der Waals surface area contributed by atoms with Gasteiger partial charge in [-0.25, -0.2) is 0 Å². The normalized spacial score (nSPS) is 14.4. The molecule has 0 aliphatic rings. The van der Waals surface area contributed by atoms with Gasteiger partial charge in [-0.1, -0.05) is 24.3 Å². The summed E-state index contributed by atoms with van der Waals surface area (Å²) < 4.78 is 4.93. The minimum atomic E-state index is -1.31. The van der Waals surface area contributed by atoms with Crippen LogP contribution in [-0.2, 0) is 16.1 Å². The van der Waals surface area contributed by atoms with Crippen molar-refractivity contribution in [1.82, 2.24) is 0 Å². The highest BCUT2D eigenvalue weighted by Crippen LogP contribution is 2.16. The topological polar surface area (TPSA) is 92.8 Å². The van der Waals surface area contributed by atoms with Crippen molar-refractivity contribution in [2.75, 3.05) is 7.11 Å². The van der Waals surface area contributed by atoms with Gasteiger partial charge >= 0.3 is 5.97 Å². The van der Waals surface area contributed by atoms with Crippen molar-refractivity contribution in [2.45, 2.75) is 18.8 Å². The molecule has 0 heterocycles. The van der Waals surface area contributed by atoms with Gasteiger partial charge in [0.25, 0.3) is 0 Å². The maximum Gasteiger partial charge on any atom is 0.323 e. The third kappa shape index (κ3) is 3.03. The molecule has 16 heavy (non-hydrogen) atoms. The molecule has 0 aromatic heterocycles. The van der Waals surface area contributed by atoms with E-state index >= 15 is 0 Å². The molecular formula is C11H15NO4. The van der Waals surface area contributed by atoms with E-state index in [1.165, 1.54) is 0 Å². The van der Waals surface area contributed by atoms with Crippen LogP contribution in [0.3, 0.4) is 0 Å². The number of carbonyl (C=O) groups is 1. The number of aliphatic carboxylic acids is 1. The third-order valence-corrected chi connectivity index (χ3v) is 2.26. The molecule has 4 N–H and O–H groups in total. The monoisotopic (exact) mass is 225 g/mol. The van der Waals surface area contributed by atoms with E-state index in [-0.39, 0.29) is 0 Å². The van der Waals surface area contributed by atoms with Gasteiger partial charge in [0.1, 0.15) is 12.1 Å². The fourth-order valence-corrected chi connectivity index (χ4v) is 1.32. The van der Waals surface area contributed by atoms with Gasteiger partial charge in [-0.05, 0) is 11.1 Å². The van der Waals surface area contributed by atoms with E-state index in [0.717, 1.165) is 5.56 Å². The van der Waals surface area contributed by atoms with Crippen molar-refractivity contribution < 1.29 is 19.7 Å². The molecule has 0 spiro atoms. The molecule has 1 aromatic carbocycles. The van der Waals surface area contributed by atoms with E-state index < -0.39 is 18.1 Å². The van der Waals surface area contributed by atoms with Crippen molar-refractivity contribution in [1.29, 1.82) is 0 Å². The van der Waals surface area contributed by atoms with Crippen molar-refractivity contribution in [3.63, 3.8) is 0 Å². The molecule has 1 rings (SSSR count). The number of nitrogens with two attached hydrogens (primary N) is 1. The summed E-state index contributed by atoms with van der Waals surface area (Å²) in [4.78, 5) is 10.6. The molecule has 5 heteroatoms. The first-order valence-corrected chi connectivity index (χ1v) is 4.80. The van der Waals surface area contributed by atoms with Crippen LogP contribution in [0.2, 0.25) is 0 Å². The Balaban J connectivity index is 2.77. The van der Waals surface area contributed by atoms with E-state index in [1.807, 2.05) is 0 Å². The minimum Gasteiger partial charge on any atom is -0.480 e. The Labute approximate surface area is 93.5 Å². The van der Waals surface area contributed by atoms with Gasteiger partial charge in [-0.15, -0.1) is 0 Å². The molecule has 0 saturated carbocycles. The van der Waals surface area contributed by atoms with Crippen LogP contribution in [0.4, 0.5) is 0 Å². The number of hydrogen-bond donors (Lipinski definition) is 3. The van der Waals surface area contributed by atoms with Gasteiger partial charge < -0.3 is 20.7 Å². The number of methoxy groups -OCH3 is 1. The third-order valence-electron chi connectivity index (χ3n) is 2.26. The van der Waals surface area contributed by atoms with Gasteiger partial charge in [-0.3, -0.25) is 4.79 Å². The van der Waals surface area contributed by atoms with Gasteiger partial charge in [0.2, 0.25) is 0 Å². The molecule has 0 saturated heterocycles. The Morgan fingerprint density at radius 3 is 2.44 bits per heavy atom. The number of aliphatic hydroxyl groups excluding tert-OH is 1. The molecule has 0 aliphatic carbocycles. The highest BCUT2D eigenvalue weighted by atomic mass is 16.5. The van der Waals surface area contributed by atoms with Crippen LogP contribution in [0.1, 0.15) is 17.2 Å². The number of carboxylic acid groups (broad SMARTS) is 1. The lowest BCUT2D eigenvalue weighted by atomic mass is 10.0. The predicted molar refractivity (Wildman–Crippen MR) is 57.7 cm³/mol. The summed E-state index contributed by atoms with van der Waals surface area (Å²) in [6, 6.07) is 5.49. The first-order valence-electron chi connectivity index (χ1n) is 4.80. The summed E-state index contributed by atoms with van der Waals surface area (Å²) in [5, 5.41) is 18.3. The Bertz CT molecular complexity index is 350. The quantitative estimate of drug-likeness (QED) is 0.669. The lowest BCUT2D eigenvalue weighted by molar-refractivity contribution is -0.141. The van der Waals surface area contributed by atoms with Crippen molar-refractivity contribution in [2.24, 2.45) is 5.73 Å². The zero-order valence-electron chi connectivity index (χ0n) is 8.96. The summed E-state index contributed by atoms with van der Waals surface area (Å²) in [5.74, 6) is -1.23. The number of rotatable bonds is 5. The van der Waals surface area contributed by atoms with Crippen LogP contribution in [-0.4, -0.2) is 29.3 Å². The smallest absolute Gasteiger partial charge is 0.323 e. The number of carboxylic acids is 1. The number of benzene rings is 1. The molecule has 0 radical (unpaired) electrons. The van der Waals surface area contributed by atoms with Gasteiger partial charge in [0.15, 0.2) is 0 Å². The zero-order valence-corrected chi connectivity index (χ0v) is 8.96. The molecule has 2 atom stereocenters. The Morgan fingerprint density at radius 1 is 1.44 bits per heavy atom. The summed E-state index contributed by atoms with van der Waals surface area (Å²) >= 11 is 0. The van der Waals surface area contributed by atoms with Crippen LogP contribution in [0.25, 0.3) is 0 Å². The Kier molecular flexibility index (Phi) is 4.42. The van der Waals surface area contributed by atoms with Gasteiger partial charge in [0.05, 0.1) is 6.61 Å². The summed E-state index contributed by atoms with van der Waals surface area (Å²) in [6.07, 6.45) is -1.20. The standard InChI is InChI=1S/C11H15NO4/c1-16-6-7-2-4-8(5-3-7)10(13)9(12)11(14)15/h2-5,9-10,13H,6,12H2,1H3,(H,14,15).